The summed E-state index contributed by atoms with van der Waals surface area (Å²) in [4.78, 5) is 3.99. The second-order valence-electron chi connectivity index (χ2n) is 5.03. The largest absolute Gasteiger partial charge is 0.378 e. The van der Waals surface area contributed by atoms with E-state index >= 15 is 0 Å². The van der Waals surface area contributed by atoms with Gasteiger partial charge in [-0.1, -0.05) is 12.1 Å². The predicted molar refractivity (Wildman–Crippen MR) is 73.9 cm³/mol. The number of nitrogens with one attached hydrogen (secondary N) is 1. The molecule has 0 atom stereocenters. The molecule has 0 fully saturated rings. The molecule has 0 spiro atoms. The van der Waals surface area contributed by atoms with E-state index in [0.717, 1.165) is 23.1 Å². The molecule has 0 radical (unpaired) electrons. The van der Waals surface area contributed by atoms with Crippen LogP contribution in [0.4, 0.5) is 14.5 Å². The van der Waals surface area contributed by atoms with Crippen molar-refractivity contribution >= 4 is 5.69 Å². The lowest BCUT2D eigenvalue weighted by Crippen LogP contribution is -2.12. The van der Waals surface area contributed by atoms with Crippen LogP contribution in [0, 0.1) is 0 Å². The van der Waals surface area contributed by atoms with Gasteiger partial charge in [0.1, 0.15) is 5.82 Å². The average Bonchev–Trinajstić information content (AvgIpc) is 2.93. The van der Waals surface area contributed by atoms with Gasteiger partial charge in [0, 0.05) is 18.1 Å². The third-order valence-corrected chi connectivity index (χ3v) is 3.79. The number of nitrogens with zero attached hydrogens (tertiary/aromatic N) is 2. The zero-order valence-electron chi connectivity index (χ0n) is 11.1. The van der Waals surface area contributed by atoms with Gasteiger partial charge in [0.25, 0.3) is 0 Å². The first-order valence-electron chi connectivity index (χ1n) is 6.90. The van der Waals surface area contributed by atoms with E-state index in [4.69, 9.17) is 0 Å². The molecule has 2 aromatic rings. The summed E-state index contributed by atoms with van der Waals surface area (Å²) in [6.45, 7) is -2.23. The summed E-state index contributed by atoms with van der Waals surface area (Å²) in [6.07, 6.45) is 7.30. The van der Waals surface area contributed by atoms with Crippen LogP contribution in [-0.2, 0) is 19.4 Å². The maximum atomic E-state index is 12.8. The van der Waals surface area contributed by atoms with Gasteiger partial charge in [-0.25, -0.2) is 4.98 Å². The van der Waals surface area contributed by atoms with Crippen molar-refractivity contribution in [2.24, 2.45) is 0 Å². The van der Waals surface area contributed by atoms with Crippen molar-refractivity contribution in [3.05, 3.63) is 47.5 Å². The Hall–Kier alpha value is -1.91. The number of aryl methyl sites for hydroxylation is 1. The first-order valence-corrected chi connectivity index (χ1v) is 6.90. The Bertz CT molecular complexity index is 593. The van der Waals surface area contributed by atoms with Gasteiger partial charge < -0.3 is 5.32 Å². The lowest BCUT2D eigenvalue weighted by Gasteiger charge is -2.20. The van der Waals surface area contributed by atoms with Gasteiger partial charge in [-0.15, -0.1) is 0 Å². The van der Waals surface area contributed by atoms with Crippen molar-refractivity contribution in [1.82, 2.24) is 9.55 Å². The summed E-state index contributed by atoms with van der Waals surface area (Å²) in [5, 5.41) is 3.25. The zero-order chi connectivity index (χ0) is 13.9. The molecular formula is C15H17F2N3. The highest BCUT2D eigenvalue weighted by Gasteiger charge is 2.14. The first-order chi connectivity index (χ1) is 9.75. The Kier molecular flexibility index (Phi) is 3.67. The molecule has 1 heterocycles. The third-order valence-electron chi connectivity index (χ3n) is 3.79. The molecule has 1 aliphatic carbocycles. The van der Waals surface area contributed by atoms with E-state index in [1.165, 1.54) is 36.4 Å². The topological polar surface area (TPSA) is 29.9 Å². The molecule has 0 saturated heterocycles. The average molecular weight is 277 g/mol. The van der Waals surface area contributed by atoms with Gasteiger partial charge in [-0.3, -0.25) is 4.57 Å². The number of hydrogen-bond donors (Lipinski definition) is 1. The Balaban J connectivity index is 1.77. The molecule has 1 aromatic heterocycles. The van der Waals surface area contributed by atoms with Crippen molar-refractivity contribution in [3.8, 4) is 0 Å². The molecule has 0 bridgehead atoms. The van der Waals surface area contributed by atoms with Crippen LogP contribution in [0.25, 0.3) is 0 Å². The van der Waals surface area contributed by atoms with Crippen LogP contribution in [0.15, 0.2) is 30.6 Å². The van der Waals surface area contributed by atoms with Gasteiger partial charge in [0.2, 0.25) is 0 Å². The quantitative estimate of drug-likeness (QED) is 0.922. The summed E-state index contributed by atoms with van der Waals surface area (Å²) in [6, 6.07) is 6.19. The van der Waals surface area contributed by atoms with Crippen LogP contribution in [0.2, 0.25) is 0 Å². The molecule has 3 nitrogen and oxygen atoms in total. The molecule has 0 saturated carbocycles. The predicted octanol–water partition coefficient (Wildman–Crippen LogP) is 3.77. The van der Waals surface area contributed by atoms with Gasteiger partial charge in [-0.05, 0) is 42.9 Å². The fourth-order valence-electron chi connectivity index (χ4n) is 2.78. The SMILES string of the molecule is FC(F)n1ccnc1CNc1cccc2c1CCCC2. The molecule has 1 aromatic carbocycles. The molecule has 0 unspecified atom stereocenters. The van der Waals surface area contributed by atoms with E-state index in [9.17, 15) is 8.78 Å². The van der Waals surface area contributed by atoms with E-state index in [2.05, 4.69) is 16.4 Å². The normalized spacial score (nSPS) is 14.3. The molecule has 106 valence electrons. The molecule has 0 amide bonds. The maximum absolute atomic E-state index is 12.8. The number of halogens is 2. The van der Waals surface area contributed by atoms with E-state index in [-0.39, 0.29) is 0 Å². The Morgan fingerprint density at radius 1 is 1.25 bits per heavy atom. The fraction of sp³-hybridized carbons (Fsp3) is 0.400. The van der Waals surface area contributed by atoms with Crippen LogP contribution in [0.3, 0.4) is 0 Å². The molecule has 0 aliphatic heterocycles. The van der Waals surface area contributed by atoms with Crippen LogP contribution < -0.4 is 5.32 Å². The third kappa shape index (κ3) is 2.53. The summed E-state index contributed by atoms with van der Waals surface area (Å²) in [7, 11) is 0. The highest BCUT2D eigenvalue weighted by atomic mass is 19.3. The Morgan fingerprint density at radius 2 is 2.10 bits per heavy atom. The van der Waals surface area contributed by atoms with E-state index in [1.54, 1.807) is 0 Å². The summed E-state index contributed by atoms with van der Waals surface area (Å²) in [5.41, 5.74) is 3.75. The number of imidazole rings is 1. The van der Waals surface area contributed by atoms with E-state index in [0.29, 0.717) is 12.4 Å². The highest BCUT2D eigenvalue weighted by Crippen LogP contribution is 2.28. The smallest absolute Gasteiger partial charge is 0.319 e. The molecule has 1 aliphatic rings. The number of fused-ring (bicyclic) bond motifs is 1. The van der Waals surface area contributed by atoms with Crippen molar-refractivity contribution in [1.29, 1.82) is 0 Å². The van der Waals surface area contributed by atoms with Crippen LogP contribution in [0.5, 0.6) is 0 Å². The summed E-state index contributed by atoms with van der Waals surface area (Å²) in [5.74, 6) is 0.355. The van der Waals surface area contributed by atoms with Crippen LogP contribution >= 0.6 is 0 Å². The lowest BCUT2D eigenvalue weighted by atomic mass is 9.90. The highest BCUT2D eigenvalue weighted by molar-refractivity contribution is 5.55. The lowest BCUT2D eigenvalue weighted by molar-refractivity contribution is 0.0673. The van der Waals surface area contributed by atoms with Crippen molar-refractivity contribution < 1.29 is 8.78 Å². The Morgan fingerprint density at radius 3 is 2.95 bits per heavy atom. The fourth-order valence-corrected chi connectivity index (χ4v) is 2.78. The van der Waals surface area contributed by atoms with Crippen LogP contribution in [0.1, 0.15) is 36.3 Å². The summed E-state index contributed by atoms with van der Waals surface area (Å²) < 4.78 is 26.4. The first kappa shape index (κ1) is 13.1. The number of alkyl halides is 2. The molecular weight excluding hydrogens is 260 g/mol. The minimum absolute atomic E-state index is 0.313. The number of benzene rings is 1. The maximum Gasteiger partial charge on any atom is 0.319 e. The number of rotatable bonds is 4. The zero-order valence-corrected chi connectivity index (χ0v) is 11.1. The number of anilines is 1. The van der Waals surface area contributed by atoms with Crippen molar-refractivity contribution in [3.63, 3.8) is 0 Å². The number of aromatic nitrogens is 2. The number of hydrogen-bond acceptors (Lipinski definition) is 2. The molecule has 20 heavy (non-hydrogen) atoms. The van der Waals surface area contributed by atoms with Gasteiger partial charge in [0.15, 0.2) is 0 Å². The van der Waals surface area contributed by atoms with Crippen molar-refractivity contribution in [2.75, 3.05) is 5.32 Å². The van der Waals surface area contributed by atoms with Crippen molar-refractivity contribution in [2.45, 2.75) is 38.8 Å². The molecule has 3 rings (SSSR count). The van der Waals surface area contributed by atoms with Gasteiger partial charge in [-0.2, -0.15) is 8.78 Å². The van der Waals surface area contributed by atoms with Gasteiger partial charge in [0.05, 0.1) is 6.54 Å². The minimum Gasteiger partial charge on any atom is -0.378 e. The standard InChI is InChI=1S/C15H17F2N3/c16-15(17)20-9-8-18-14(20)10-19-13-7-3-5-11-4-1-2-6-12(11)13/h3,5,7-9,15,19H,1-2,4,6,10H2. The van der Waals surface area contributed by atoms with Crippen LogP contribution in [-0.4, -0.2) is 9.55 Å². The second kappa shape index (κ2) is 5.61. The summed E-state index contributed by atoms with van der Waals surface area (Å²) >= 11 is 0. The van der Waals surface area contributed by atoms with Gasteiger partial charge >= 0.3 is 6.55 Å². The van der Waals surface area contributed by atoms with E-state index in [1.807, 2.05) is 12.1 Å². The minimum atomic E-state index is -2.54. The Labute approximate surface area is 116 Å². The molecule has 5 heteroatoms. The molecule has 1 N–H and O–H groups in total. The second-order valence-corrected chi connectivity index (χ2v) is 5.03. The van der Waals surface area contributed by atoms with E-state index < -0.39 is 6.55 Å². The monoisotopic (exact) mass is 277 g/mol.